The number of carbonyl (C=O) groups is 2. The molecule has 0 radical (unpaired) electrons. The molecule has 0 aliphatic rings. The fourth-order valence-electron chi connectivity index (χ4n) is 4.70. The van der Waals surface area contributed by atoms with Crippen molar-refractivity contribution in [1.82, 2.24) is 4.57 Å². The van der Waals surface area contributed by atoms with Gasteiger partial charge in [0.25, 0.3) is 0 Å². The second-order valence-electron chi connectivity index (χ2n) is 9.08. The highest BCUT2D eigenvalue weighted by molar-refractivity contribution is 6.13. The van der Waals surface area contributed by atoms with Crippen molar-refractivity contribution < 1.29 is 28.6 Å². The zero-order valence-electron chi connectivity index (χ0n) is 21.8. The second-order valence-corrected chi connectivity index (χ2v) is 9.08. The molecule has 0 amide bonds. The predicted molar refractivity (Wildman–Crippen MR) is 147 cm³/mol. The summed E-state index contributed by atoms with van der Waals surface area (Å²) in [5.41, 5.74) is 1.95. The number of methoxy groups -OCH3 is 2. The molecule has 0 atom stereocenters. The third-order valence-electron chi connectivity index (χ3n) is 6.59. The molecule has 0 saturated carbocycles. The topological polar surface area (TPSA) is 108 Å². The monoisotopic (exact) mass is 523 g/mol. The zero-order chi connectivity index (χ0) is 27.8. The van der Waals surface area contributed by atoms with Gasteiger partial charge in [-0.05, 0) is 43.7 Å². The number of nitrogens with zero attached hydrogens (tertiary/aromatic N) is 1. The number of fused-ring (bicyclic) bond motifs is 1. The standard InChI is InChI=1S/C31H25NO7/c1-17-9-13-19(14-10-17)26-23(25-28(33)21-7-5-6-8-22(21)39-30(25)35)24(29(34)37-3)27(31(36)38-4)32(26)20-15-11-18(2)12-16-20/h5-16,33H,1-4H3. The van der Waals surface area contributed by atoms with E-state index < -0.39 is 23.3 Å². The maximum Gasteiger partial charge on any atom is 0.355 e. The van der Waals surface area contributed by atoms with Gasteiger partial charge in [-0.1, -0.05) is 59.7 Å². The first kappa shape index (κ1) is 25.5. The van der Waals surface area contributed by atoms with E-state index in [1.54, 1.807) is 53.1 Å². The Morgan fingerprint density at radius 2 is 1.38 bits per heavy atom. The third-order valence-corrected chi connectivity index (χ3v) is 6.59. The Bertz CT molecular complexity index is 1790. The van der Waals surface area contributed by atoms with Crippen molar-refractivity contribution in [3.8, 4) is 33.8 Å². The van der Waals surface area contributed by atoms with Crippen LogP contribution in [-0.2, 0) is 9.47 Å². The van der Waals surface area contributed by atoms with Gasteiger partial charge >= 0.3 is 17.6 Å². The van der Waals surface area contributed by atoms with Crippen molar-refractivity contribution in [2.45, 2.75) is 13.8 Å². The van der Waals surface area contributed by atoms with Gasteiger partial charge < -0.3 is 23.6 Å². The van der Waals surface area contributed by atoms with Crippen LogP contribution in [-0.4, -0.2) is 35.8 Å². The third kappa shape index (κ3) is 4.25. The van der Waals surface area contributed by atoms with E-state index in [-0.39, 0.29) is 33.4 Å². The minimum Gasteiger partial charge on any atom is -0.506 e. The summed E-state index contributed by atoms with van der Waals surface area (Å²) in [7, 11) is 2.37. The van der Waals surface area contributed by atoms with Crippen molar-refractivity contribution in [3.63, 3.8) is 0 Å². The molecule has 0 saturated heterocycles. The summed E-state index contributed by atoms with van der Waals surface area (Å²) in [5.74, 6) is -2.12. The first-order chi connectivity index (χ1) is 18.8. The van der Waals surface area contributed by atoms with E-state index in [0.29, 0.717) is 16.9 Å². The lowest BCUT2D eigenvalue weighted by Crippen LogP contribution is -2.15. The maximum absolute atomic E-state index is 13.5. The molecule has 0 aliphatic carbocycles. The number of ether oxygens (including phenoxy) is 2. The second kappa shape index (κ2) is 9.98. The van der Waals surface area contributed by atoms with E-state index in [1.165, 1.54) is 14.2 Å². The maximum atomic E-state index is 13.5. The Morgan fingerprint density at radius 3 is 2.00 bits per heavy atom. The van der Waals surface area contributed by atoms with Gasteiger partial charge in [-0.25, -0.2) is 14.4 Å². The summed E-state index contributed by atoms with van der Waals surface area (Å²) in [4.78, 5) is 40.3. The summed E-state index contributed by atoms with van der Waals surface area (Å²) >= 11 is 0. The van der Waals surface area contributed by atoms with E-state index in [2.05, 4.69) is 0 Å². The van der Waals surface area contributed by atoms with Crippen molar-refractivity contribution in [1.29, 1.82) is 0 Å². The largest absolute Gasteiger partial charge is 0.506 e. The van der Waals surface area contributed by atoms with Crippen molar-refractivity contribution in [3.05, 3.63) is 106 Å². The van der Waals surface area contributed by atoms with Crippen LogP contribution in [0.4, 0.5) is 0 Å². The van der Waals surface area contributed by atoms with Crippen molar-refractivity contribution in [2.75, 3.05) is 14.2 Å². The summed E-state index contributed by atoms with van der Waals surface area (Å²) in [6.07, 6.45) is 0. The molecule has 3 aromatic carbocycles. The number of benzene rings is 3. The number of aryl methyl sites for hydroxylation is 2. The van der Waals surface area contributed by atoms with Gasteiger partial charge in [0, 0.05) is 11.3 Å². The Hall–Kier alpha value is -5.11. The van der Waals surface area contributed by atoms with Gasteiger partial charge in [0.2, 0.25) is 0 Å². The number of carbonyl (C=O) groups excluding carboxylic acids is 2. The lowest BCUT2D eigenvalue weighted by molar-refractivity contribution is 0.0550. The highest BCUT2D eigenvalue weighted by Gasteiger charge is 2.37. The van der Waals surface area contributed by atoms with Crippen molar-refractivity contribution >= 4 is 22.9 Å². The minimum absolute atomic E-state index is 0.0105. The Morgan fingerprint density at radius 1 is 0.795 bits per heavy atom. The van der Waals surface area contributed by atoms with E-state index in [0.717, 1.165) is 11.1 Å². The lowest BCUT2D eigenvalue weighted by Gasteiger charge is -2.15. The molecule has 39 heavy (non-hydrogen) atoms. The summed E-state index contributed by atoms with van der Waals surface area (Å²) < 4.78 is 17.3. The summed E-state index contributed by atoms with van der Waals surface area (Å²) in [5, 5.41) is 11.7. The number of aromatic hydroxyl groups is 1. The van der Waals surface area contributed by atoms with E-state index in [4.69, 9.17) is 13.9 Å². The lowest BCUT2D eigenvalue weighted by atomic mass is 9.95. The first-order valence-corrected chi connectivity index (χ1v) is 12.1. The van der Waals surface area contributed by atoms with E-state index >= 15 is 0 Å². The summed E-state index contributed by atoms with van der Waals surface area (Å²) in [6, 6.07) is 21.1. The molecule has 0 spiro atoms. The molecule has 0 aliphatic heterocycles. The number of hydrogen-bond acceptors (Lipinski definition) is 7. The molecule has 8 heteroatoms. The molecular weight excluding hydrogens is 498 g/mol. The van der Waals surface area contributed by atoms with Crippen LogP contribution in [0.1, 0.15) is 32.0 Å². The van der Waals surface area contributed by atoms with Crippen LogP contribution < -0.4 is 5.63 Å². The zero-order valence-corrected chi connectivity index (χ0v) is 21.8. The van der Waals surface area contributed by atoms with Gasteiger partial charge in [-0.2, -0.15) is 0 Å². The molecule has 5 rings (SSSR count). The number of esters is 2. The van der Waals surface area contributed by atoms with Gasteiger partial charge in [-0.15, -0.1) is 0 Å². The van der Waals surface area contributed by atoms with Crippen LogP contribution in [0.25, 0.3) is 39.0 Å². The van der Waals surface area contributed by atoms with Gasteiger partial charge in [-0.3, -0.25) is 0 Å². The van der Waals surface area contributed by atoms with Gasteiger partial charge in [0.1, 0.15) is 28.2 Å². The fourth-order valence-corrected chi connectivity index (χ4v) is 4.70. The fraction of sp³-hybridized carbons (Fsp3) is 0.129. The molecule has 2 aromatic heterocycles. The Labute approximate surface area is 223 Å². The van der Waals surface area contributed by atoms with Crippen LogP contribution in [0.15, 0.2) is 82.0 Å². The molecule has 196 valence electrons. The van der Waals surface area contributed by atoms with Crippen LogP contribution in [0.3, 0.4) is 0 Å². The smallest absolute Gasteiger partial charge is 0.355 e. The molecule has 8 nitrogen and oxygen atoms in total. The normalized spacial score (nSPS) is 11.0. The van der Waals surface area contributed by atoms with Crippen LogP contribution in [0.2, 0.25) is 0 Å². The van der Waals surface area contributed by atoms with Crippen LogP contribution >= 0.6 is 0 Å². The number of para-hydroxylation sites is 1. The van der Waals surface area contributed by atoms with Gasteiger partial charge in [0.05, 0.1) is 25.3 Å². The number of rotatable bonds is 5. The summed E-state index contributed by atoms with van der Waals surface area (Å²) in [6.45, 7) is 3.85. The average Bonchev–Trinajstić information content (AvgIpc) is 3.28. The Kier molecular flexibility index (Phi) is 6.54. The van der Waals surface area contributed by atoms with Gasteiger partial charge in [0.15, 0.2) is 0 Å². The van der Waals surface area contributed by atoms with Crippen LogP contribution in [0, 0.1) is 13.8 Å². The molecule has 0 fully saturated rings. The molecule has 2 heterocycles. The van der Waals surface area contributed by atoms with Crippen LogP contribution in [0.5, 0.6) is 5.75 Å². The quantitative estimate of drug-likeness (QED) is 0.229. The SMILES string of the molecule is COC(=O)c1c(-c2c(O)c3ccccc3oc2=O)c(-c2ccc(C)cc2)n(-c2ccc(C)cc2)c1C(=O)OC. The number of hydrogen-bond donors (Lipinski definition) is 1. The van der Waals surface area contributed by atoms with E-state index in [9.17, 15) is 19.5 Å². The average molecular weight is 524 g/mol. The highest BCUT2D eigenvalue weighted by Crippen LogP contribution is 2.45. The minimum atomic E-state index is -0.892. The van der Waals surface area contributed by atoms with E-state index in [1.807, 2.05) is 38.1 Å². The van der Waals surface area contributed by atoms with Crippen molar-refractivity contribution in [2.24, 2.45) is 0 Å². The molecule has 5 aromatic rings. The highest BCUT2D eigenvalue weighted by atomic mass is 16.5. The Balaban J connectivity index is 2.06. The first-order valence-electron chi connectivity index (χ1n) is 12.1. The predicted octanol–water partition coefficient (Wildman–Crippen LogP) is 5.81. The number of aromatic nitrogens is 1. The molecule has 0 unspecified atom stereocenters. The molecule has 1 N–H and O–H groups in total. The molecular formula is C31H25NO7. The molecule has 0 bridgehead atoms.